The molecule has 4 nitrogen and oxygen atoms in total. The van der Waals surface area contributed by atoms with Crippen molar-refractivity contribution < 1.29 is 9.90 Å². The Morgan fingerprint density at radius 3 is 2.93 bits per heavy atom. The Morgan fingerprint density at radius 2 is 2.27 bits per heavy atom. The van der Waals surface area contributed by atoms with E-state index in [1.165, 1.54) is 0 Å². The lowest BCUT2D eigenvalue weighted by Gasteiger charge is -1.97. The Hall–Kier alpha value is -1.97. The second-order valence-corrected chi connectivity index (χ2v) is 3.60. The minimum atomic E-state index is -0.832. The average Bonchev–Trinajstić information content (AvgIpc) is 2.43. The van der Waals surface area contributed by atoms with Crippen molar-refractivity contribution in [2.75, 3.05) is 5.73 Å². The number of benzene rings is 1. The van der Waals surface area contributed by atoms with Crippen molar-refractivity contribution in [3.05, 3.63) is 29.5 Å². The molecule has 0 radical (unpaired) electrons. The zero-order valence-electron chi connectivity index (χ0n) is 8.37. The number of fused-ring (bicyclic) bond motifs is 1. The third-order valence-electron chi connectivity index (χ3n) is 2.47. The topological polar surface area (TPSA) is 79.1 Å². The number of nitrogens with one attached hydrogen (secondary N) is 1. The van der Waals surface area contributed by atoms with E-state index in [2.05, 4.69) is 4.98 Å². The smallest absolute Gasteiger partial charge is 0.307 e. The molecule has 0 atom stereocenters. The lowest BCUT2D eigenvalue weighted by atomic mass is 10.1. The number of aromatic amines is 1. The number of rotatable bonds is 2. The number of aliphatic carboxylic acids is 1. The molecule has 0 spiro atoms. The zero-order chi connectivity index (χ0) is 11.0. The van der Waals surface area contributed by atoms with E-state index in [1.54, 1.807) is 12.1 Å². The molecular weight excluding hydrogens is 192 g/mol. The number of hydrogen-bond acceptors (Lipinski definition) is 2. The SMILES string of the molecule is Cc1[nH]c2ccc(N)cc2c1CC(=O)O. The first kappa shape index (κ1) is 9.58. The van der Waals surface area contributed by atoms with Crippen LogP contribution in [-0.4, -0.2) is 16.1 Å². The van der Waals surface area contributed by atoms with Gasteiger partial charge in [0.1, 0.15) is 0 Å². The van der Waals surface area contributed by atoms with Crippen LogP contribution in [-0.2, 0) is 11.2 Å². The molecule has 0 saturated heterocycles. The fraction of sp³-hybridized carbons (Fsp3) is 0.182. The lowest BCUT2D eigenvalue weighted by molar-refractivity contribution is -0.136. The Kier molecular flexibility index (Phi) is 2.11. The van der Waals surface area contributed by atoms with Gasteiger partial charge in [-0.2, -0.15) is 0 Å². The lowest BCUT2D eigenvalue weighted by Crippen LogP contribution is -2.00. The molecule has 0 saturated carbocycles. The number of aromatic nitrogens is 1. The van der Waals surface area contributed by atoms with Crippen LogP contribution in [0, 0.1) is 6.92 Å². The quantitative estimate of drug-likeness (QED) is 0.651. The van der Waals surface area contributed by atoms with E-state index < -0.39 is 5.97 Å². The minimum Gasteiger partial charge on any atom is -0.481 e. The number of anilines is 1. The molecule has 0 bridgehead atoms. The maximum Gasteiger partial charge on any atom is 0.307 e. The summed E-state index contributed by atoms with van der Waals surface area (Å²) in [4.78, 5) is 13.8. The maximum absolute atomic E-state index is 10.7. The van der Waals surface area contributed by atoms with Crippen LogP contribution in [0.5, 0.6) is 0 Å². The summed E-state index contributed by atoms with van der Waals surface area (Å²) in [5, 5.41) is 9.69. The number of carboxylic acids is 1. The highest BCUT2D eigenvalue weighted by Crippen LogP contribution is 2.24. The van der Waals surface area contributed by atoms with Crippen LogP contribution >= 0.6 is 0 Å². The standard InChI is InChI=1S/C11H12N2O2/c1-6-8(5-11(14)15)9-4-7(12)2-3-10(9)13-6/h2-4,13H,5,12H2,1H3,(H,14,15). The summed E-state index contributed by atoms with van der Waals surface area (Å²) >= 11 is 0. The highest BCUT2D eigenvalue weighted by atomic mass is 16.4. The molecule has 0 aliphatic rings. The van der Waals surface area contributed by atoms with Gasteiger partial charge in [0.2, 0.25) is 0 Å². The van der Waals surface area contributed by atoms with E-state index in [0.29, 0.717) is 5.69 Å². The summed E-state index contributed by atoms with van der Waals surface area (Å²) in [6.45, 7) is 1.87. The Balaban J connectivity index is 2.65. The molecule has 15 heavy (non-hydrogen) atoms. The highest BCUT2D eigenvalue weighted by molar-refractivity contribution is 5.90. The van der Waals surface area contributed by atoms with Crippen LogP contribution in [0.3, 0.4) is 0 Å². The summed E-state index contributed by atoms with van der Waals surface area (Å²) in [5.41, 5.74) is 8.94. The summed E-state index contributed by atoms with van der Waals surface area (Å²) in [6, 6.07) is 5.46. The molecule has 78 valence electrons. The average molecular weight is 204 g/mol. The van der Waals surface area contributed by atoms with E-state index in [0.717, 1.165) is 22.2 Å². The summed E-state index contributed by atoms with van der Waals surface area (Å²) in [5.74, 6) is -0.832. The molecule has 0 aliphatic heterocycles. The predicted octanol–water partition coefficient (Wildman–Crippen LogP) is 1.69. The van der Waals surface area contributed by atoms with Crippen LogP contribution in [0.25, 0.3) is 10.9 Å². The molecule has 0 amide bonds. The van der Waals surface area contributed by atoms with Crippen molar-refractivity contribution in [2.45, 2.75) is 13.3 Å². The van der Waals surface area contributed by atoms with Gasteiger partial charge in [-0.15, -0.1) is 0 Å². The van der Waals surface area contributed by atoms with Crippen molar-refractivity contribution in [3.63, 3.8) is 0 Å². The van der Waals surface area contributed by atoms with Gasteiger partial charge in [-0.1, -0.05) is 0 Å². The van der Waals surface area contributed by atoms with Crippen molar-refractivity contribution in [3.8, 4) is 0 Å². The molecule has 1 aromatic carbocycles. The fourth-order valence-corrected chi connectivity index (χ4v) is 1.78. The van der Waals surface area contributed by atoms with Gasteiger partial charge in [-0.05, 0) is 30.7 Å². The minimum absolute atomic E-state index is 0.0231. The second-order valence-electron chi connectivity index (χ2n) is 3.60. The Morgan fingerprint density at radius 1 is 1.53 bits per heavy atom. The molecule has 1 aromatic heterocycles. The van der Waals surface area contributed by atoms with Gasteiger partial charge in [0.25, 0.3) is 0 Å². The van der Waals surface area contributed by atoms with Gasteiger partial charge >= 0.3 is 5.97 Å². The van der Waals surface area contributed by atoms with Crippen LogP contribution in [0.2, 0.25) is 0 Å². The first-order chi connectivity index (χ1) is 7.08. The largest absolute Gasteiger partial charge is 0.481 e. The van der Waals surface area contributed by atoms with Crippen molar-refractivity contribution in [1.29, 1.82) is 0 Å². The van der Waals surface area contributed by atoms with Crippen LogP contribution < -0.4 is 5.73 Å². The summed E-state index contributed by atoms with van der Waals surface area (Å²) in [6.07, 6.45) is 0.0231. The van der Waals surface area contributed by atoms with Crippen LogP contribution in [0.1, 0.15) is 11.3 Å². The van der Waals surface area contributed by atoms with Gasteiger partial charge in [0.05, 0.1) is 6.42 Å². The van der Waals surface area contributed by atoms with Gasteiger partial charge in [-0.25, -0.2) is 0 Å². The normalized spacial score (nSPS) is 10.7. The van der Waals surface area contributed by atoms with E-state index >= 15 is 0 Å². The highest BCUT2D eigenvalue weighted by Gasteiger charge is 2.11. The molecular formula is C11H12N2O2. The van der Waals surface area contributed by atoms with E-state index in [9.17, 15) is 4.79 Å². The fourth-order valence-electron chi connectivity index (χ4n) is 1.78. The van der Waals surface area contributed by atoms with Gasteiger partial charge in [-0.3, -0.25) is 4.79 Å². The third kappa shape index (κ3) is 1.66. The molecule has 2 rings (SSSR count). The van der Waals surface area contributed by atoms with Crippen LogP contribution in [0.4, 0.5) is 5.69 Å². The third-order valence-corrected chi connectivity index (χ3v) is 2.47. The van der Waals surface area contributed by atoms with Crippen molar-refractivity contribution in [1.82, 2.24) is 4.98 Å². The van der Waals surface area contributed by atoms with Crippen molar-refractivity contribution >= 4 is 22.6 Å². The first-order valence-corrected chi connectivity index (χ1v) is 4.66. The molecule has 2 aromatic rings. The number of hydrogen-bond donors (Lipinski definition) is 3. The number of nitrogens with two attached hydrogens (primary N) is 1. The van der Waals surface area contributed by atoms with Crippen LogP contribution in [0.15, 0.2) is 18.2 Å². The Bertz CT molecular complexity index is 529. The zero-order valence-corrected chi connectivity index (χ0v) is 8.37. The van der Waals surface area contributed by atoms with Gasteiger partial charge in [0, 0.05) is 22.3 Å². The molecule has 1 heterocycles. The maximum atomic E-state index is 10.7. The molecule has 0 unspecified atom stereocenters. The molecule has 0 fully saturated rings. The first-order valence-electron chi connectivity index (χ1n) is 4.66. The number of H-pyrrole nitrogens is 1. The number of carboxylic acid groups (broad SMARTS) is 1. The van der Waals surface area contributed by atoms with Gasteiger partial charge in [0.15, 0.2) is 0 Å². The molecule has 4 heteroatoms. The Labute approximate surface area is 86.7 Å². The van der Waals surface area contributed by atoms with Crippen molar-refractivity contribution in [2.24, 2.45) is 0 Å². The van der Waals surface area contributed by atoms with E-state index in [4.69, 9.17) is 10.8 Å². The number of aryl methyl sites for hydroxylation is 1. The van der Waals surface area contributed by atoms with Gasteiger partial charge < -0.3 is 15.8 Å². The summed E-state index contributed by atoms with van der Waals surface area (Å²) in [7, 11) is 0. The molecule has 0 aliphatic carbocycles. The number of nitrogen functional groups attached to an aromatic ring is 1. The van der Waals surface area contributed by atoms with E-state index in [1.807, 2.05) is 13.0 Å². The monoisotopic (exact) mass is 204 g/mol. The van der Waals surface area contributed by atoms with E-state index in [-0.39, 0.29) is 6.42 Å². The number of carbonyl (C=O) groups is 1. The molecule has 4 N–H and O–H groups in total. The predicted molar refractivity (Wildman–Crippen MR) is 58.8 cm³/mol. The second kappa shape index (κ2) is 3.31. The summed E-state index contributed by atoms with van der Waals surface area (Å²) < 4.78 is 0.